The summed E-state index contributed by atoms with van der Waals surface area (Å²) in [6.45, 7) is 4.62. The zero-order valence-corrected chi connectivity index (χ0v) is 19.8. The summed E-state index contributed by atoms with van der Waals surface area (Å²) in [6, 6.07) is 13.7. The molecule has 1 saturated heterocycles. The van der Waals surface area contributed by atoms with Crippen LogP contribution in [0.25, 0.3) is 0 Å². The molecule has 176 valence electrons. The number of rotatable bonds is 5. The van der Waals surface area contributed by atoms with Gasteiger partial charge in [0.1, 0.15) is 17.7 Å². The first-order chi connectivity index (χ1) is 16.5. The maximum atomic E-state index is 13.2. The third-order valence-electron chi connectivity index (χ3n) is 6.26. The third-order valence-corrected chi connectivity index (χ3v) is 7.18. The van der Waals surface area contributed by atoms with Gasteiger partial charge in [-0.15, -0.1) is 0 Å². The molecule has 0 N–H and O–H groups in total. The van der Waals surface area contributed by atoms with Crippen molar-refractivity contribution in [1.29, 1.82) is 0 Å². The molecule has 0 unspecified atom stereocenters. The summed E-state index contributed by atoms with van der Waals surface area (Å²) >= 11 is 1.29. The molecule has 3 heterocycles. The highest BCUT2D eigenvalue weighted by Gasteiger charge is 2.41. The lowest BCUT2D eigenvalue weighted by molar-refractivity contribution is -0.128. The van der Waals surface area contributed by atoms with Gasteiger partial charge < -0.3 is 9.80 Å². The molecule has 2 amide bonds. The fraction of sp³-hybridized carbons (Fsp3) is 0.360. The number of amides is 2. The molecule has 0 aromatic heterocycles. The van der Waals surface area contributed by atoms with Crippen LogP contribution >= 0.6 is 11.8 Å². The fourth-order valence-corrected chi connectivity index (χ4v) is 5.35. The molecule has 2 aromatic rings. The quantitative estimate of drug-likeness (QED) is 0.656. The fourth-order valence-electron chi connectivity index (χ4n) is 4.44. The number of hydrogen-bond donors (Lipinski definition) is 0. The first-order valence-corrected chi connectivity index (χ1v) is 12.5. The van der Waals surface area contributed by atoms with Gasteiger partial charge in [-0.05, 0) is 42.8 Å². The summed E-state index contributed by atoms with van der Waals surface area (Å²) < 4.78 is 13.2. The van der Waals surface area contributed by atoms with Gasteiger partial charge in [0.05, 0.1) is 11.4 Å². The summed E-state index contributed by atoms with van der Waals surface area (Å²) in [6.07, 6.45) is 1.56. The molecule has 0 bridgehead atoms. The van der Waals surface area contributed by atoms with E-state index in [0.717, 1.165) is 23.4 Å². The molecule has 1 atom stereocenters. The van der Waals surface area contributed by atoms with E-state index in [1.54, 1.807) is 17.0 Å². The molecular formula is C25H26FN5O2S. The topological polar surface area (TPSA) is 68.6 Å². The van der Waals surface area contributed by atoms with E-state index in [1.165, 1.54) is 23.9 Å². The summed E-state index contributed by atoms with van der Waals surface area (Å²) in [5.74, 6) is 0.525. The minimum absolute atomic E-state index is 0.0144. The number of halogens is 1. The van der Waals surface area contributed by atoms with Crippen molar-refractivity contribution < 1.29 is 14.0 Å². The van der Waals surface area contributed by atoms with Gasteiger partial charge in [-0.25, -0.2) is 14.3 Å². The SMILES string of the molecule is CCC[C@H]1N=C2c3ccccc3N=C(SCC(=O)N3CCN(c4ccc(F)cc4)CC3)N2C1=O. The maximum absolute atomic E-state index is 13.2. The number of para-hydroxylation sites is 1. The minimum atomic E-state index is -0.396. The van der Waals surface area contributed by atoms with Crippen molar-refractivity contribution in [2.75, 3.05) is 36.8 Å². The Labute approximate surface area is 202 Å². The average molecular weight is 480 g/mol. The molecule has 3 aliphatic rings. The number of carbonyl (C=O) groups excluding carboxylic acids is 2. The highest BCUT2D eigenvalue weighted by atomic mass is 32.2. The zero-order chi connectivity index (χ0) is 23.7. The van der Waals surface area contributed by atoms with E-state index < -0.39 is 6.04 Å². The zero-order valence-electron chi connectivity index (χ0n) is 19.0. The highest BCUT2D eigenvalue weighted by Crippen LogP contribution is 2.34. The van der Waals surface area contributed by atoms with Gasteiger partial charge >= 0.3 is 0 Å². The monoisotopic (exact) mass is 479 g/mol. The van der Waals surface area contributed by atoms with Crippen LogP contribution in [-0.2, 0) is 9.59 Å². The predicted octanol–water partition coefficient (Wildman–Crippen LogP) is 3.67. The van der Waals surface area contributed by atoms with Gasteiger partial charge in [-0.2, -0.15) is 0 Å². The first-order valence-electron chi connectivity index (χ1n) is 11.6. The maximum Gasteiger partial charge on any atom is 0.259 e. The van der Waals surface area contributed by atoms with E-state index in [-0.39, 0.29) is 23.4 Å². The van der Waals surface area contributed by atoms with Gasteiger partial charge in [0, 0.05) is 37.4 Å². The summed E-state index contributed by atoms with van der Waals surface area (Å²) in [5, 5.41) is 0.513. The Hall–Kier alpha value is -3.20. The van der Waals surface area contributed by atoms with Gasteiger partial charge in [0.15, 0.2) is 5.17 Å². The largest absolute Gasteiger partial charge is 0.368 e. The number of hydrogen-bond acceptors (Lipinski definition) is 6. The normalized spacial score (nSPS) is 19.5. The van der Waals surface area contributed by atoms with E-state index in [2.05, 4.69) is 4.90 Å². The molecule has 0 saturated carbocycles. The average Bonchev–Trinajstić information content (AvgIpc) is 3.19. The molecule has 3 aliphatic heterocycles. The van der Waals surface area contributed by atoms with Crippen LogP contribution in [0.4, 0.5) is 15.8 Å². The standard InChI is InChI=1S/C25H26FN5O2S/c1-2-5-21-24(33)31-23(27-21)19-6-3-4-7-20(19)28-25(31)34-16-22(32)30-14-12-29(13-15-30)18-10-8-17(26)9-11-18/h3-4,6-11,21H,2,5,12-16H2,1H3/t21-/m1/s1. The van der Waals surface area contributed by atoms with Crippen molar-refractivity contribution >= 4 is 46.0 Å². The Balaban J connectivity index is 1.24. The van der Waals surface area contributed by atoms with Crippen molar-refractivity contribution in [2.45, 2.75) is 25.8 Å². The number of piperazine rings is 1. The second-order valence-electron chi connectivity index (χ2n) is 8.48. The van der Waals surface area contributed by atoms with Crippen molar-refractivity contribution in [3.63, 3.8) is 0 Å². The van der Waals surface area contributed by atoms with Crippen LogP contribution < -0.4 is 4.90 Å². The van der Waals surface area contributed by atoms with Crippen molar-refractivity contribution in [3.05, 3.63) is 59.9 Å². The number of amidine groups is 2. The van der Waals surface area contributed by atoms with Crippen LogP contribution in [0, 0.1) is 5.82 Å². The number of aliphatic imine (C=N–C) groups is 2. The molecule has 0 aliphatic carbocycles. The number of anilines is 1. The highest BCUT2D eigenvalue weighted by molar-refractivity contribution is 8.14. The smallest absolute Gasteiger partial charge is 0.259 e. The van der Waals surface area contributed by atoms with Crippen LogP contribution in [0.15, 0.2) is 58.5 Å². The number of benzene rings is 2. The van der Waals surface area contributed by atoms with Crippen LogP contribution in [0.1, 0.15) is 25.3 Å². The minimum Gasteiger partial charge on any atom is -0.368 e. The van der Waals surface area contributed by atoms with Crippen LogP contribution in [0.2, 0.25) is 0 Å². The van der Waals surface area contributed by atoms with E-state index in [0.29, 0.717) is 43.6 Å². The van der Waals surface area contributed by atoms with Crippen LogP contribution in [0.3, 0.4) is 0 Å². The third kappa shape index (κ3) is 4.32. The second kappa shape index (κ2) is 9.58. The Bertz CT molecular complexity index is 1160. The van der Waals surface area contributed by atoms with Gasteiger partial charge in [-0.3, -0.25) is 14.6 Å². The molecule has 9 heteroatoms. The van der Waals surface area contributed by atoms with E-state index in [4.69, 9.17) is 9.98 Å². The van der Waals surface area contributed by atoms with E-state index >= 15 is 0 Å². The molecular weight excluding hydrogens is 453 g/mol. The molecule has 5 rings (SSSR count). The van der Waals surface area contributed by atoms with Crippen molar-refractivity contribution in [1.82, 2.24) is 9.80 Å². The number of carbonyl (C=O) groups is 2. The van der Waals surface area contributed by atoms with E-state index in [9.17, 15) is 14.0 Å². The predicted molar refractivity (Wildman–Crippen MR) is 133 cm³/mol. The number of thioether (sulfide) groups is 1. The Kier molecular flexibility index (Phi) is 6.36. The lowest BCUT2D eigenvalue weighted by Crippen LogP contribution is -2.49. The van der Waals surface area contributed by atoms with Crippen LogP contribution in [0.5, 0.6) is 0 Å². The summed E-state index contributed by atoms with van der Waals surface area (Å²) in [5.41, 5.74) is 2.58. The molecule has 7 nitrogen and oxygen atoms in total. The summed E-state index contributed by atoms with van der Waals surface area (Å²) in [7, 11) is 0. The molecule has 2 aromatic carbocycles. The lowest BCUT2D eigenvalue weighted by atomic mass is 10.1. The Morgan fingerprint density at radius 1 is 1.09 bits per heavy atom. The van der Waals surface area contributed by atoms with Gasteiger partial charge in [0.2, 0.25) is 5.91 Å². The second-order valence-corrected chi connectivity index (χ2v) is 9.42. The van der Waals surface area contributed by atoms with Crippen molar-refractivity contribution in [3.8, 4) is 0 Å². The van der Waals surface area contributed by atoms with Crippen LogP contribution in [-0.4, -0.2) is 70.6 Å². The number of nitrogens with zero attached hydrogens (tertiary/aromatic N) is 5. The molecule has 34 heavy (non-hydrogen) atoms. The molecule has 0 spiro atoms. The van der Waals surface area contributed by atoms with Crippen molar-refractivity contribution in [2.24, 2.45) is 9.98 Å². The molecule has 0 radical (unpaired) electrons. The number of fused-ring (bicyclic) bond motifs is 3. The lowest BCUT2D eigenvalue weighted by Gasteiger charge is -2.36. The molecule has 1 fully saturated rings. The first kappa shape index (κ1) is 22.6. The van der Waals surface area contributed by atoms with Gasteiger partial charge in [-0.1, -0.05) is 37.2 Å². The Morgan fingerprint density at radius 3 is 2.56 bits per heavy atom. The summed E-state index contributed by atoms with van der Waals surface area (Å²) in [4.78, 5) is 41.0. The van der Waals surface area contributed by atoms with Gasteiger partial charge in [0.25, 0.3) is 5.91 Å². The van der Waals surface area contributed by atoms with E-state index in [1.807, 2.05) is 36.1 Å². The Morgan fingerprint density at radius 2 is 1.82 bits per heavy atom.